The zero-order valence-electron chi connectivity index (χ0n) is 16.7. The average molecular weight is 454 g/mol. The van der Waals surface area contributed by atoms with E-state index in [0.29, 0.717) is 39.3 Å². The first-order valence-corrected chi connectivity index (χ1v) is 11.5. The van der Waals surface area contributed by atoms with Gasteiger partial charge in [-0.25, -0.2) is 9.97 Å². The summed E-state index contributed by atoms with van der Waals surface area (Å²) in [5.74, 6) is 1.04. The van der Waals surface area contributed by atoms with E-state index in [1.54, 1.807) is 10.8 Å². The maximum atomic E-state index is 13.2. The fourth-order valence-corrected chi connectivity index (χ4v) is 4.75. The summed E-state index contributed by atoms with van der Waals surface area (Å²) >= 11 is 7.54. The van der Waals surface area contributed by atoms with Gasteiger partial charge in [0.1, 0.15) is 6.26 Å². The van der Waals surface area contributed by atoms with Crippen LogP contribution in [0.5, 0.6) is 0 Å². The van der Waals surface area contributed by atoms with Crippen molar-refractivity contribution < 1.29 is 9.15 Å². The van der Waals surface area contributed by atoms with E-state index < -0.39 is 0 Å². The summed E-state index contributed by atoms with van der Waals surface area (Å²) in [4.78, 5) is 22.5. The summed E-state index contributed by atoms with van der Waals surface area (Å²) in [5, 5.41) is 1.91. The number of hydrogen-bond acceptors (Lipinski definition) is 6. The van der Waals surface area contributed by atoms with Crippen molar-refractivity contribution in [2.75, 3.05) is 6.61 Å². The average Bonchev–Trinajstić information content (AvgIpc) is 3.47. The van der Waals surface area contributed by atoms with Crippen LogP contribution in [0.1, 0.15) is 18.5 Å². The highest BCUT2D eigenvalue weighted by Crippen LogP contribution is 2.26. The summed E-state index contributed by atoms with van der Waals surface area (Å²) in [6.07, 6.45) is 3.65. The third kappa shape index (κ3) is 4.39. The Kier molecular flexibility index (Phi) is 5.80. The zero-order chi connectivity index (χ0) is 21.2. The normalized spacial score (nSPS) is 16.2. The molecule has 31 heavy (non-hydrogen) atoms. The highest BCUT2D eigenvalue weighted by atomic mass is 35.5. The molecule has 3 heterocycles. The van der Waals surface area contributed by atoms with Gasteiger partial charge in [-0.3, -0.25) is 9.36 Å². The van der Waals surface area contributed by atoms with Crippen LogP contribution < -0.4 is 5.56 Å². The number of para-hydroxylation sites is 1. The van der Waals surface area contributed by atoms with Gasteiger partial charge in [-0.1, -0.05) is 41.6 Å². The number of nitrogens with zero attached hydrogens (tertiary/aromatic N) is 3. The van der Waals surface area contributed by atoms with E-state index in [4.69, 9.17) is 25.7 Å². The van der Waals surface area contributed by atoms with Crippen LogP contribution in [0.25, 0.3) is 22.4 Å². The van der Waals surface area contributed by atoms with Gasteiger partial charge in [-0.05, 0) is 43.2 Å². The lowest BCUT2D eigenvalue weighted by Gasteiger charge is -2.16. The van der Waals surface area contributed by atoms with Gasteiger partial charge in [-0.15, -0.1) is 0 Å². The van der Waals surface area contributed by atoms with E-state index in [-0.39, 0.29) is 11.7 Å². The highest BCUT2D eigenvalue weighted by molar-refractivity contribution is 7.98. The first-order valence-electron chi connectivity index (χ1n) is 10.1. The zero-order valence-corrected chi connectivity index (χ0v) is 18.2. The van der Waals surface area contributed by atoms with Crippen LogP contribution in [0, 0.1) is 0 Å². The number of aromatic nitrogens is 3. The minimum absolute atomic E-state index is 0.0385. The van der Waals surface area contributed by atoms with E-state index in [1.807, 2.05) is 48.5 Å². The van der Waals surface area contributed by atoms with Crippen molar-refractivity contribution in [2.24, 2.45) is 0 Å². The van der Waals surface area contributed by atoms with Gasteiger partial charge in [0.05, 0.1) is 29.2 Å². The number of oxazole rings is 1. The molecule has 0 bridgehead atoms. The molecule has 0 amide bonds. The van der Waals surface area contributed by atoms with Gasteiger partial charge >= 0.3 is 0 Å². The Morgan fingerprint density at radius 3 is 2.90 bits per heavy atom. The third-order valence-electron chi connectivity index (χ3n) is 5.21. The van der Waals surface area contributed by atoms with Gasteiger partial charge in [0.2, 0.25) is 5.89 Å². The first kappa shape index (κ1) is 20.3. The van der Waals surface area contributed by atoms with Gasteiger partial charge in [0.25, 0.3) is 5.56 Å². The monoisotopic (exact) mass is 453 g/mol. The molecule has 0 aliphatic carbocycles. The molecule has 4 aromatic rings. The summed E-state index contributed by atoms with van der Waals surface area (Å²) < 4.78 is 13.1. The van der Waals surface area contributed by atoms with Crippen molar-refractivity contribution in [3.8, 4) is 11.5 Å². The van der Waals surface area contributed by atoms with Crippen LogP contribution in [-0.4, -0.2) is 27.2 Å². The number of ether oxygens (including phenoxy) is 1. The smallest absolute Gasteiger partial charge is 0.262 e. The fraction of sp³-hybridized carbons (Fsp3) is 0.261. The van der Waals surface area contributed by atoms with Crippen molar-refractivity contribution in [3.05, 3.63) is 75.9 Å². The van der Waals surface area contributed by atoms with Crippen LogP contribution in [0.4, 0.5) is 0 Å². The number of thioether (sulfide) groups is 1. The molecule has 158 valence electrons. The predicted octanol–water partition coefficient (Wildman–Crippen LogP) is 5.18. The molecule has 2 aromatic carbocycles. The molecule has 5 rings (SSSR count). The second-order valence-corrected chi connectivity index (χ2v) is 8.78. The quantitative estimate of drug-likeness (QED) is 0.296. The van der Waals surface area contributed by atoms with Gasteiger partial charge in [-0.2, -0.15) is 0 Å². The maximum absolute atomic E-state index is 13.2. The van der Waals surface area contributed by atoms with Crippen LogP contribution in [-0.2, 0) is 17.0 Å². The van der Waals surface area contributed by atoms with E-state index in [1.165, 1.54) is 11.8 Å². The van der Waals surface area contributed by atoms with Gasteiger partial charge in [0.15, 0.2) is 5.16 Å². The molecule has 8 heteroatoms. The minimum Gasteiger partial charge on any atom is -0.444 e. The summed E-state index contributed by atoms with van der Waals surface area (Å²) in [6, 6.07) is 14.8. The molecule has 0 N–H and O–H groups in total. The largest absolute Gasteiger partial charge is 0.444 e. The van der Waals surface area contributed by atoms with Crippen molar-refractivity contribution in [1.82, 2.24) is 14.5 Å². The molecule has 2 aromatic heterocycles. The molecule has 1 unspecified atom stereocenters. The Balaban J connectivity index is 1.42. The number of benzene rings is 2. The summed E-state index contributed by atoms with van der Waals surface area (Å²) in [7, 11) is 0. The molecule has 1 saturated heterocycles. The number of fused-ring (bicyclic) bond motifs is 1. The Labute approximate surface area is 188 Å². The van der Waals surface area contributed by atoms with Crippen LogP contribution >= 0.6 is 23.4 Å². The SMILES string of the molecule is O=c1c2ccccc2nc(SCc2coc(-c3cccc(Cl)c3)n2)n1CC1CCCO1. The topological polar surface area (TPSA) is 70.2 Å². The van der Waals surface area contributed by atoms with Crippen LogP contribution in [0.3, 0.4) is 0 Å². The molecule has 1 fully saturated rings. The molecule has 0 radical (unpaired) electrons. The standard InChI is InChI=1S/C23H20ClN3O3S/c24-16-6-3-5-15(11-16)21-25-17(13-30-21)14-31-23-26-20-9-2-1-8-19(20)22(28)27(23)12-18-7-4-10-29-18/h1-3,5-6,8-9,11,13,18H,4,7,10,12,14H2. The van der Waals surface area contributed by atoms with Crippen molar-refractivity contribution in [2.45, 2.75) is 36.4 Å². The van der Waals surface area contributed by atoms with Crippen molar-refractivity contribution in [3.63, 3.8) is 0 Å². The van der Waals surface area contributed by atoms with Crippen LogP contribution in [0.2, 0.25) is 5.02 Å². The highest BCUT2D eigenvalue weighted by Gasteiger charge is 2.20. The Bertz CT molecular complexity index is 1280. The third-order valence-corrected chi connectivity index (χ3v) is 6.45. The number of hydrogen-bond donors (Lipinski definition) is 0. The number of rotatable bonds is 6. The van der Waals surface area contributed by atoms with Gasteiger partial charge in [0, 0.05) is 22.9 Å². The molecular weight excluding hydrogens is 434 g/mol. The Hall–Kier alpha value is -2.61. The number of halogens is 1. The van der Waals surface area contributed by atoms with E-state index >= 15 is 0 Å². The summed E-state index contributed by atoms with van der Waals surface area (Å²) in [6.45, 7) is 1.25. The second kappa shape index (κ2) is 8.86. The van der Waals surface area contributed by atoms with Crippen molar-refractivity contribution in [1.29, 1.82) is 0 Å². The Morgan fingerprint density at radius 1 is 1.16 bits per heavy atom. The van der Waals surface area contributed by atoms with Gasteiger partial charge < -0.3 is 9.15 Å². The molecule has 1 aliphatic heterocycles. The van der Waals surface area contributed by atoms with E-state index in [0.717, 1.165) is 30.7 Å². The molecule has 1 aliphatic rings. The fourth-order valence-electron chi connectivity index (χ4n) is 3.68. The predicted molar refractivity (Wildman–Crippen MR) is 121 cm³/mol. The molecule has 0 spiro atoms. The first-order chi connectivity index (χ1) is 15.2. The second-order valence-electron chi connectivity index (χ2n) is 7.41. The lowest BCUT2D eigenvalue weighted by atomic mass is 10.2. The lowest BCUT2D eigenvalue weighted by molar-refractivity contribution is 0.0937. The van der Waals surface area contributed by atoms with E-state index in [9.17, 15) is 4.79 Å². The summed E-state index contributed by atoms with van der Waals surface area (Å²) in [5.41, 5.74) is 2.25. The molecular formula is C23H20ClN3O3S. The molecule has 6 nitrogen and oxygen atoms in total. The molecule has 1 atom stereocenters. The van der Waals surface area contributed by atoms with Crippen LogP contribution in [0.15, 0.2) is 69.2 Å². The van der Waals surface area contributed by atoms with E-state index in [2.05, 4.69) is 4.98 Å². The Morgan fingerprint density at radius 2 is 2.06 bits per heavy atom. The van der Waals surface area contributed by atoms with Crippen molar-refractivity contribution >= 4 is 34.3 Å². The maximum Gasteiger partial charge on any atom is 0.262 e. The molecule has 0 saturated carbocycles. The lowest BCUT2D eigenvalue weighted by Crippen LogP contribution is -2.28. The minimum atomic E-state index is -0.0385.